The number of hydrogen-bond donors (Lipinski definition) is 0. The summed E-state index contributed by atoms with van der Waals surface area (Å²) in [4.78, 5) is 13.3. The van der Waals surface area contributed by atoms with E-state index in [2.05, 4.69) is 25.7 Å². The number of carbonyl (C=O) groups excluding carboxylic acids is 1. The second kappa shape index (κ2) is 6.83. The van der Waals surface area contributed by atoms with Gasteiger partial charge < -0.3 is 9.64 Å². The molecule has 0 spiro atoms. The Bertz CT molecular complexity index is 185. The van der Waals surface area contributed by atoms with Gasteiger partial charge in [0.15, 0.2) is 0 Å². The van der Waals surface area contributed by atoms with Crippen molar-refractivity contribution in [1.29, 1.82) is 0 Å². The number of esters is 1. The summed E-state index contributed by atoms with van der Waals surface area (Å²) in [5.74, 6) is -0.0971. The van der Waals surface area contributed by atoms with E-state index in [0.29, 0.717) is 18.4 Å². The summed E-state index contributed by atoms with van der Waals surface area (Å²) < 4.78 is 4.87. The maximum atomic E-state index is 11.1. The molecule has 0 saturated heterocycles. The van der Waals surface area contributed by atoms with Gasteiger partial charge in [0.2, 0.25) is 0 Å². The first-order valence-electron chi connectivity index (χ1n) is 5.69. The highest BCUT2D eigenvalue weighted by Crippen LogP contribution is 2.18. The number of ether oxygens (including phenoxy) is 1. The Kier molecular flexibility index (Phi) is 6.57. The molecule has 0 bridgehead atoms. The molecular weight excluding hydrogens is 190 g/mol. The maximum Gasteiger partial charge on any atom is 0.307 e. The summed E-state index contributed by atoms with van der Waals surface area (Å²) in [6, 6.07) is 0. The van der Waals surface area contributed by atoms with Crippen LogP contribution in [0, 0.1) is 5.41 Å². The lowest BCUT2D eigenvalue weighted by atomic mass is 9.92. The van der Waals surface area contributed by atoms with Crippen molar-refractivity contribution in [3.05, 3.63) is 0 Å². The van der Waals surface area contributed by atoms with Crippen LogP contribution < -0.4 is 0 Å². The molecule has 0 aliphatic carbocycles. The Hall–Kier alpha value is -0.570. The molecule has 3 nitrogen and oxygen atoms in total. The van der Waals surface area contributed by atoms with Gasteiger partial charge in [-0.2, -0.15) is 0 Å². The second-order valence-corrected chi connectivity index (χ2v) is 5.17. The van der Waals surface area contributed by atoms with E-state index in [4.69, 9.17) is 4.74 Å². The van der Waals surface area contributed by atoms with Gasteiger partial charge >= 0.3 is 5.97 Å². The molecule has 90 valence electrons. The highest BCUT2D eigenvalue weighted by molar-refractivity contribution is 5.69. The average molecular weight is 215 g/mol. The molecule has 0 rings (SSSR count). The molecular formula is C12H25NO2. The van der Waals surface area contributed by atoms with Gasteiger partial charge in [-0.15, -0.1) is 0 Å². The van der Waals surface area contributed by atoms with Crippen LogP contribution in [-0.2, 0) is 9.53 Å². The minimum Gasteiger partial charge on any atom is -0.466 e. The number of nitrogens with zero attached hydrogens (tertiary/aromatic N) is 1. The van der Waals surface area contributed by atoms with Crippen LogP contribution in [0.3, 0.4) is 0 Å². The lowest BCUT2D eigenvalue weighted by molar-refractivity contribution is -0.143. The van der Waals surface area contributed by atoms with Gasteiger partial charge in [0, 0.05) is 6.54 Å². The van der Waals surface area contributed by atoms with Crippen LogP contribution in [0.4, 0.5) is 0 Å². The standard InChI is InChI=1S/C12H25NO2/c1-6-15-11(14)7-9-13(5)10-8-12(2,3)4/h6-10H2,1-5H3. The normalized spacial score (nSPS) is 11.9. The van der Waals surface area contributed by atoms with Gasteiger partial charge in [0.05, 0.1) is 13.0 Å². The van der Waals surface area contributed by atoms with Crippen LogP contribution in [0.25, 0.3) is 0 Å². The van der Waals surface area contributed by atoms with Crippen molar-refractivity contribution in [2.24, 2.45) is 5.41 Å². The van der Waals surface area contributed by atoms with Crippen molar-refractivity contribution in [3.8, 4) is 0 Å². The summed E-state index contributed by atoms with van der Waals surface area (Å²) in [5, 5.41) is 0. The predicted octanol–water partition coefficient (Wildman–Crippen LogP) is 2.31. The zero-order chi connectivity index (χ0) is 11.9. The van der Waals surface area contributed by atoms with Gasteiger partial charge in [0.25, 0.3) is 0 Å². The monoisotopic (exact) mass is 215 g/mol. The van der Waals surface area contributed by atoms with E-state index in [0.717, 1.165) is 19.5 Å². The molecule has 0 N–H and O–H groups in total. The third-order valence-corrected chi connectivity index (χ3v) is 2.25. The van der Waals surface area contributed by atoms with Gasteiger partial charge in [-0.3, -0.25) is 4.79 Å². The Morgan fingerprint density at radius 1 is 1.27 bits per heavy atom. The molecule has 0 saturated carbocycles. The summed E-state index contributed by atoms with van der Waals surface area (Å²) in [5.41, 5.74) is 0.359. The van der Waals surface area contributed by atoms with E-state index in [9.17, 15) is 4.79 Å². The molecule has 0 aromatic carbocycles. The van der Waals surface area contributed by atoms with Crippen LogP contribution in [0.2, 0.25) is 0 Å². The fraction of sp³-hybridized carbons (Fsp3) is 0.917. The van der Waals surface area contributed by atoms with E-state index in [1.54, 1.807) is 0 Å². The molecule has 0 radical (unpaired) electrons. The van der Waals surface area contributed by atoms with Crippen molar-refractivity contribution in [2.75, 3.05) is 26.7 Å². The summed E-state index contributed by atoms with van der Waals surface area (Å²) in [6.07, 6.45) is 1.64. The molecule has 0 heterocycles. The third kappa shape index (κ3) is 9.73. The van der Waals surface area contributed by atoms with E-state index >= 15 is 0 Å². The lowest BCUT2D eigenvalue weighted by Crippen LogP contribution is -2.26. The first kappa shape index (κ1) is 14.4. The largest absolute Gasteiger partial charge is 0.466 e. The first-order chi connectivity index (χ1) is 6.85. The summed E-state index contributed by atoms with van der Waals surface area (Å²) in [6.45, 7) is 10.8. The topological polar surface area (TPSA) is 29.5 Å². The highest BCUT2D eigenvalue weighted by Gasteiger charge is 2.12. The van der Waals surface area contributed by atoms with Crippen molar-refractivity contribution >= 4 is 5.97 Å². The number of rotatable bonds is 6. The first-order valence-corrected chi connectivity index (χ1v) is 5.69. The Morgan fingerprint density at radius 3 is 2.33 bits per heavy atom. The van der Waals surface area contributed by atoms with E-state index in [1.165, 1.54) is 0 Å². The fourth-order valence-electron chi connectivity index (χ4n) is 1.15. The van der Waals surface area contributed by atoms with Gasteiger partial charge in [-0.05, 0) is 32.4 Å². The SMILES string of the molecule is CCOC(=O)CCN(C)CCC(C)(C)C. The second-order valence-electron chi connectivity index (χ2n) is 5.17. The maximum absolute atomic E-state index is 11.1. The quantitative estimate of drug-likeness (QED) is 0.637. The zero-order valence-electron chi connectivity index (χ0n) is 10.8. The lowest BCUT2D eigenvalue weighted by Gasteiger charge is -2.23. The number of carbonyl (C=O) groups is 1. The number of hydrogen-bond acceptors (Lipinski definition) is 3. The molecule has 0 aromatic rings. The third-order valence-electron chi connectivity index (χ3n) is 2.25. The molecule has 0 atom stereocenters. The van der Waals surface area contributed by atoms with Crippen LogP contribution in [-0.4, -0.2) is 37.6 Å². The molecule has 0 fully saturated rings. The smallest absolute Gasteiger partial charge is 0.307 e. The zero-order valence-corrected chi connectivity index (χ0v) is 10.8. The van der Waals surface area contributed by atoms with Gasteiger partial charge in [-0.1, -0.05) is 20.8 Å². The fourth-order valence-corrected chi connectivity index (χ4v) is 1.15. The Labute approximate surface area is 93.8 Å². The van der Waals surface area contributed by atoms with Crippen LogP contribution in [0.1, 0.15) is 40.5 Å². The van der Waals surface area contributed by atoms with Crippen molar-refractivity contribution in [1.82, 2.24) is 4.90 Å². The van der Waals surface area contributed by atoms with Gasteiger partial charge in [0.1, 0.15) is 0 Å². The van der Waals surface area contributed by atoms with Crippen LogP contribution in [0.15, 0.2) is 0 Å². The van der Waals surface area contributed by atoms with E-state index in [-0.39, 0.29) is 5.97 Å². The molecule has 0 aromatic heterocycles. The van der Waals surface area contributed by atoms with E-state index in [1.807, 2.05) is 14.0 Å². The minimum atomic E-state index is -0.0971. The molecule has 3 heteroatoms. The average Bonchev–Trinajstić information content (AvgIpc) is 2.11. The van der Waals surface area contributed by atoms with Crippen molar-refractivity contribution in [3.63, 3.8) is 0 Å². The Morgan fingerprint density at radius 2 is 1.87 bits per heavy atom. The van der Waals surface area contributed by atoms with Crippen molar-refractivity contribution in [2.45, 2.75) is 40.5 Å². The summed E-state index contributed by atoms with van der Waals surface area (Å²) >= 11 is 0. The molecule has 0 unspecified atom stereocenters. The van der Waals surface area contributed by atoms with Crippen LogP contribution >= 0.6 is 0 Å². The Balaban J connectivity index is 3.57. The molecule has 0 aliphatic rings. The molecule has 15 heavy (non-hydrogen) atoms. The van der Waals surface area contributed by atoms with E-state index < -0.39 is 0 Å². The summed E-state index contributed by atoms with van der Waals surface area (Å²) in [7, 11) is 2.05. The molecule has 0 amide bonds. The van der Waals surface area contributed by atoms with Gasteiger partial charge in [-0.25, -0.2) is 0 Å². The highest BCUT2D eigenvalue weighted by atomic mass is 16.5. The van der Waals surface area contributed by atoms with Crippen LogP contribution in [0.5, 0.6) is 0 Å². The van der Waals surface area contributed by atoms with Crippen molar-refractivity contribution < 1.29 is 9.53 Å². The minimum absolute atomic E-state index is 0.0971. The predicted molar refractivity (Wildman–Crippen MR) is 62.8 cm³/mol. The molecule has 0 aliphatic heterocycles.